The molecule has 1 fully saturated rings. The van der Waals surface area contributed by atoms with Gasteiger partial charge in [-0.25, -0.2) is 9.97 Å². The lowest BCUT2D eigenvalue weighted by molar-refractivity contribution is -0.127. The summed E-state index contributed by atoms with van der Waals surface area (Å²) < 4.78 is 5.41. The lowest BCUT2D eigenvalue weighted by atomic mass is 10.0. The number of likely N-dealkylation sites (tertiary alicyclic amines) is 1. The largest absolute Gasteiger partial charge is 0.383 e. The summed E-state index contributed by atoms with van der Waals surface area (Å²) in [7, 11) is 0. The fraction of sp³-hybridized carbons (Fsp3) is 0.185. The Hall–Kier alpha value is -4.86. The van der Waals surface area contributed by atoms with Crippen molar-refractivity contribution in [1.82, 2.24) is 25.0 Å². The molecule has 10 heteroatoms. The molecular weight excluding hydrogens is 468 g/mol. The summed E-state index contributed by atoms with van der Waals surface area (Å²) in [5.41, 5.74) is 9.02. The zero-order chi connectivity index (χ0) is 25.8. The van der Waals surface area contributed by atoms with Crippen molar-refractivity contribution < 1.29 is 9.32 Å². The van der Waals surface area contributed by atoms with Gasteiger partial charge >= 0.3 is 0 Å². The minimum absolute atomic E-state index is 0.0297. The molecule has 186 valence electrons. The van der Waals surface area contributed by atoms with Gasteiger partial charge in [0, 0.05) is 35.8 Å². The summed E-state index contributed by atoms with van der Waals surface area (Å²) in [6, 6.07) is 16.8. The van der Waals surface area contributed by atoms with Crippen LogP contribution in [0, 0.1) is 5.41 Å². The van der Waals surface area contributed by atoms with Gasteiger partial charge in [-0.3, -0.25) is 10.2 Å². The molecule has 37 heavy (non-hydrogen) atoms. The maximum atomic E-state index is 12.1. The van der Waals surface area contributed by atoms with E-state index in [1.165, 1.54) is 12.4 Å². The Kier molecular flexibility index (Phi) is 6.71. The summed E-state index contributed by atoms with van der Waals surface area (Å²) in [5.74, 6) is 1.46. The normalized spacial score (nSPS) is 15.2. The Morgan fingerprint density at radius 2 is 1.92 bits per heavy atom. The van der Waals surface area contributed by atoms with Gasteiger partial charge in [0.05, 0.1) is 11.3 Å². The summed E-state index contributed by atoms with van der Waals surface area (Å²) in [6.45, 7) is 4.79. The molecule has 1 unspecified atom stereocenters. The van der Waals surface area contributed by atoms with Gasteiger partial charge < -0.3 is 20.5 Å². The molecule has 4 aromatic rings. The molecule has 1 amide bonds. The number of nitrogen functional groups attached to an aromatic ring is 1. The molecule has 0 aliphatic carbocycles. The van der Waals surface area contributed by atoms with Gasteiger partial charge in [0.1, 0.15) is 18.0 Å². The van der Waals surface area contributed by atoms with Crippen molar-refractivity contribution in [3.05, 3.63) is 84.7 Å². The first kappa shape index (κ1) is 23.9. The van der Waals surface area contributed by atoms with Gasteiger partial charge in [-0.2, -0.15) is 4.98 Å². The first-order valence-electron chi connectivity index (χ1n) is 11.9. The van der Waals surface area contributed by atoms with Crippen LogP contribution in [0.2, 0.25) is 0 Å². The molecular formula is C27H26N8O2. The molecule has 0 saturated carbocycles. The number of anilines is 2. The van der Waals surface area contributed by atoms with Crippen LogP contribution in [-0.2, 0) is 4.79 Å². The van der Waals surface area contributed by atoms with E-state index in [-0.39, 0.29) is 23.5 Å². The first-order chi connectivity index (χ1) is 18.0. The van der Waals surface area contributed by atoms with Gasteiger partial charge in [0.2, 0.25) is 11.7 Å². The zero-order valence-corrected chi connectivity index (χ0v) is 20.1. The Balaban J connectivity index is 1.35. The van der Waals surface area contributed by atoms with Crippen molar-refractivity contribution in [2.45, 2.75) is 18.9 Å². The number of hydrogen-bond acceptors (Lipinski definition) is 9. The van der Waals surface area contributed by atoms with E-state index in [1.807, 2.05) is 42.5 Å². The van der Waals surface area contributed by atoms with Gasteiger partial charge in [-0.1, -0.05) is 54.2 Å². The predicted octanol–water partition coefficient (Wildman–Crippen LogP) is 3.78. The van der Waals surface area contributed by atoms with Crippen LogP contribution in [0.15, 0.2) is 78.1 Å². The topological polar surface area (TPSA) is 147 Å². The second kappa shape index (κ2) is 10.4. The minimum Gasteiger partial charge on any atom is -0.383 e. The lowest BCUT2D eigenvalue weighted by Crippen LogP contribution is -2.44. The van der Waals surface area contributed by atoms with Crippen molar-refractivity contribution >= 4 is 23.3 Å². The quantitative estimate of drug-likeness (QED) is 0.260. The van der Waals surface area contributed by atoms with Crippen LogP contribution in [0.3, 0.4) is 0 Å². The second-order valence-electron chi connectivity index (χ2n) is 8.70. The Morgan fingerprint density at radius 3 is 2.68 bits per heavy atom. The van der Waals surface area contributed by atoms with Gasteiger partial charge in [0.25, 0.3) is 5.89 Å². The number of hydrogen-bond donors (Lipinski definition) is 3. The number of amides is 1. The number of nitrogens with zero attached hydrogens (tertiary/aromatic N) is 5. The monoisotopic (exact) mass is 494 g/mol. The smallest absolute Gasteiger partial charge is 0.258 e. The highest BCUT2D eigenvalue weighted by molar-refractivity contribution is 6.16. The van der Waals surface area contributed by atoms with E-state index < -0.39 is 0 Å². The van der Waals surface area contributed by atoms with Crippen LogP contribution >= 0.6 is 0 Å². The third kappa shape index (κ3) is 5.08. The van der Waals surface area contributed by atoms with E-state index in [0.717, 1.165) is 24.0 Å². The van der Waals surface area contributed by atoms with Crippen LogP contribution in [0.4, 0.5) is 11.6 Å². The number of carbonyl (C=O) groups is 1. The zero-order valence-electron chi connectivity index (χ0n) is 20.1. The van der Waals surface area contributed by atoms with Crippen LogP contribution in [0.25, 0.3) is 22.8 Å². The highest BCUT2D eigenvalue weighted by atomic mass is 16.5. The number of nitrogens with one attached hydrogen (secondary N) is 2. The number of piperidine rings is 1. The average Bonchev–Trinajstić information content (AvgIpc) is 3.44. The summed E-state index contributed by atoms with van der Waals surface area (Å²) in [5, 5.41) is 16.3. The molecule has 0 spiro atoms. The molecule has 10 nitrogen and oxygen atoms in total. The lowest BCUT2D eigenvalue weighted by Gasteiger charge is -2.33. The molecule has 2 aromatic carbocycles. The third-order valence-electron chi connectivity index (χ3n) is 6.25. The van der Waals surface area contributed by atoms with Crippen LogP contribution in [0.1, 0.15) is 24.0 Å². The van der Waals surface area contributed by atoms with E-state index in [2.05, 4.69) is 32.0 Å². The third-order valence-corrected chi connectivity index (χ3v) is 6.25. The standard InChI is InChI=1S/C27H26N8O2/c1-2-21(36)35-14-6-9-20(15-35)32-26-22(24(29)30-16-31-26)23(28)17-10-12-18(13-11-17)25-33-27(37-34-25)19-7-4-3-5-8-19/h2-5,7-8,10-13,16,20,28H,1,6,9,14-15H2,(H3,29,30,31,32). The van der Waals surface area contributed by atoms with Crippen molar-refractivity contribution in [2.75, 3.05) is 24.1 Å². The molecule has 3 heterocycles. The molecule has 0 radical (unpaired) electrons. The number of benzene rings is 2. The highest BCUT2D eigenvalue weighted by Gasteiger charge is 2.25. The van der Waals surface area contributed by atoms with E-state index in [1.54, 1.807) is 17.0 Å². The average molecular weight is 495 g/mol. The molecule has 1 aliphatic rings. The molecule has 0 bridgehead atoms. The first-order valence-corrected chi connectivity index (χ1v) is 11.9. The van der Waals surface area contributed by atoms with E-state index in [4.69, 9.17) is 15.7 Å². The number of carbonyl (C=O) groups excluding carboxylic acids is 1. The fourth-order valence-corrected chi connectivity index (χ4v) is 4.34. The van der Waals surface area contributed by atoms with Crippen molar-refractivity contribution in [3.8, 4) is 22.8 Å². The fourth-order valence-electron chi connectivity index (χ4n) is 4.34. The van der Waals surface area contributed by atoms with Gasteiger partial charge in [0.15, 0.2) is 0 Å². The van der Waals surface area contributed by atoms with Crippen molar-refractivity contribution in [2.24, 2.45) is 0 Å². The van der Waals surface area contributed by atoms with Gasteiger partial charge in [-0.05, 0) is 31.1 Å². The predicted molar refractivity (Wildman–Crippen MR) is 141 cm³/mol. The summed E-state index contributed by atoms with van der Waals surface area (Å²) in [4.78, 5) is 26.8. The number of nitrogens with two attached hydrogens (primary N) is 1. The Morgan fingerprint density at radius 1 is 1.14 bits per heavy atom. The highest BCUT2D eigenvalue weighted by Crippen LogP contribution is 2.26. The molecule has 2 aromatic heterocycles. The van der Waals surface area contributed by atoms with Crippen LogP contribution < -0.4 is 11.1 Å². The van der Waals surface area contributed by atoms with Crippen molar-refractivity contribution in [1.29, 1.82) is 5.41 Å². The molecule has 1 atom stereocenters. The maximum absolute atomic E-state index is 12.1. The van der Waals surface area contributed by atoms with E-state index in [0.29, 0.717) is 41.7 Å². The molecule has 4 N–H and O–H groups in total. The second-order valence-corrected chi connectivity index (χ2v) is 8.70. The van der Waals surface area contributed by atoms with Crippen molar-refractivity contribution in [3.63, 3.8) is 0 Å². The maximum Gasteiger partial charge on any atom is 0.258 e. The Labute approximate surface area is 213 Å². The van der Waals surface area contributed by atoms with Crippen LogP contribution in [0.5, 0.6) is 0 Å². The minimum atomic E-state index is -0.0979. The SMILES string of the molecule is C=CC(=O)N1CCCC(Nc2ncnc(N)c2C(=N)c2ccc(-c3noc(-c4ccccc4)n3)cc2)C1. The number of aromatic nitrogens is 4. The van der Waals surface area contributed by atoms with Crippen LogP contribution in [-0.4, -0.2) is 55.8 Å². The van der Waals surface area contributed by atoms with E-state index in [9.17, 15) is 4.79 Å². The molecule has 5 rings (SSSR count). The van der Waals surface area contributed by atoms with Gasteiger partial charge in [-0.15, -0.1) is 0 Å². The number of rotatable bonds is 7. The Bertz CT molecular complexity index is 1430. The summed E-state index contributed by atoms with van der Waals surface area (Å²) >= 11 is 0. The summed E-state index contributed by atoms with van der Waals surface area (Å²) in [6.07, 6.45) is 4.41. The molecule has 1 aliphatic heterocycles. The van der Waals surface area contributed by atoms with E-state index >= 15 is 0 Å². The molecule has 1 saturated heterocycles.